The summed E-state index contributed by atoms with van der Waals surface area (Å²) in [5, 5.41) is 18.1. The van der Waals surface area contributed by atoms with E-state index in [1.807, 2.05) is 0 Å². The highest BCUT2D eigenvalue weighted by molar-refractivity contribution is 6.58. The molecule has 5 heteroatoms. The van der Waals surface area contributed by atoms with Crippen LogP contribution in [0.2, 0.25) is 0 Å². The van der Waals surface area contributed by atoms with Gasteiger partial charge < -0.3 is 19.5 Å². The molecule has 0 aromatic heterocycles. The number of hydrogen-bond donors (Lipinski definition) is 2. The number of rotatable bonds is 5. The second-order valence-electron chi connectivity index (χ2n) is 4.22. The van der Waals surface area contributed by atoms with E-state index in [2.05, 4.69) is 0 Å². The summed E-state index contributed by atoms with van der Waals surface area (Å²) >= 11 is 0. The first kappa shape index (κ1) is 12.4. The first-order valence-electron chi connectivity index (χ1n) is 5.96. The van der Waals surface area contributed by atoms with E-state index < -0.39 is 7.12 Å². The Morgan fingerprint density at radius 2 is 2.29 bits per heavy atom. The number of benzene rings is 1. The van der Waals surface area contributed by atoms with E-state index in [0.717, 1.165) is 25.9 Å². The van der Waals surface area contributed by atoms with Crippen LogP contribution in [-0.4, -0.2) is 36.5 Å². The summed E-state index contributed by atoms with van der Waals surface area (Å²) < 4.78 is 11.0. The second kappa shape index (κ2) is 6.05. The second-order valence-corrected chi connectivity index (χ2v) is 4.22. The van der Waals surface area contributed by atoms with Crippen LogP contribution in [0.25, 0.3) is 0 Å². The van der Waals surface area contributed by atoms with Crippen LogP contribution in [0.4, 0.5) is 0 Å². The minimum atomic E-state index is -1.45. The molecular weight excluding hydrogens is 219 g/mol. The minimum Gasteiger partial charge on any atom is -0.494 e. The van der Waals surface area contributed by atoms with Crippen molar-refractivity contribution in [3.8, 4) is 5.75 Å². The van der Waals surface area contributed by atoms with Crippen molar-refractivity contribution in [2.24, 2.45) is 0 Å². The van der Waals surface area contributed by atoms with Crippen molar-refractivity contribution < 1.29 is 19.5 Å². The fourth-order valence-corrected chi connectivity index (χ4v) is 1.95. The van der Waals surface area contributed by atoms with Crippen molar-refractivity contribution in [3.63, 3.8) is 0 Å². The Balaban J connectivity index is 1.79. The van der Waals surface area contributed by atoms with Gasteiger partial charge in [-0.3, -0.25) is 0 Å². The SMILES string of the molecule is OB(O)c1cccc(OCCC2CCCO2)c1. The van der Waals surface area contributed by atoms with Crippen LogP contribution in [0.1, 0.15) is 19.3 Å². The van der Waals surface area contributed by atoms with Gasteiger partial charge >= 0.3 is 7.12 Å². The van der Waals surface area contributed by atoms with Crippen molar-refractivity contribution in [1.29, 1.82) is 0 Å². The quantitative estimate of drug-likeness (QED) is 0.722. The van der Waals surface area contributed by atoms with Gasteiger partial charge in [-0.05, 0) is 30.4 Å². The lowest BCUT2D eigenvalue weighted by atomic mass is 9.80. The molecule has 1 aliphatic rings. The Bertz CT molecular complexity index is 350. The third-order valence-corrected chi connectivity index (χ3v) is 2.89. The first-order valence-corrected chi connectivity index (χ1v) is 5.96. The molecule has 0 aliphatic carbocycles. The van der Waals surface area contributed by atoms with Gasteiger partial charge in [0.25, 0.3) is 0 Å². The van der Waals surface area contributed by atoms with Crippen LogP contribution in [0.3, 0.4) is 0 Å². The van der Waals surface area contributed by atoms with Crippen LogP contribution in [-0.2, 0) is 4.74 Å². The topological polar surface area (TPSA) is 58.9 Å². The lowest BCUT2D eigenvalue weighted by Gasteiger charge is -2.11. The zero-order valence-electron chi connectivity index (χ0n) is 9.71. The Labute approximate surface area is 101 Å². The highest BCUT2D eigenvalue weighted by Crippen LogP contribution is 2.16. The van der Waals surface area contributed by atoms with E-state index in [9.17, 15) is 0 Å². The molecule has 1 heterocycles. The summed E-state index contributed by atoms with van der Waals surface area (Å²) in [6.45, 7) is 1.45. The third-order valence-electron chi connectivity index (χ3n) is 2.89. The average molecular weight is 236 g/mol. The van der Waals surface area contributed by atoms with Gasteiger partial charge in [-0.1, -0.05) is 12.1 Å². The van der Waals surface area contributed by atoms with E-state index >= 15 is 0 Å². The van der Waals surface area contributed by atoms with Crippen LogP contribution < -0.4 is 10.2 Å². The molecule has 1 unspecified atom stereocenters. The molecule has 2 rings (SSSR count). The summed E-state index contributed by atoms with van der Waals surface area (Å²) in [5.74, 6) is 0.661. The molecule has 1 saturated heterocycles. The van der Waals surface area contributed by atoms with Crippen molar-refractivity contribution in [1.82, 2.24) is 0 Å². The Morgan fingerprint density at radius 3 is 3.00 bits per heavy atom. The van der Waals surface area contributed by atoms with Gasteiger partial charge in [0.05, 0.1) is 12.7 Å². The molecule has 1 aromatic carbocycles. The predicted molar refractivity (Wildman–Crippen MR) is 65.4 cm³/mol. The summed E-state index contributed by atoms with van der Waals surface area (Å²) in [6.07, 6.45) is 3.45. The van der Waals surface area contributed by atoms with Crippen LogP contribution in [0, 0.1) is 0 Å². The molecule has 1 fully saturated rings. The van der Waals surface area contributed by atoms with Crippen molar-refractivity contribution >= 4 is 12.6 Å². The highest BCUT2D eigenvalue weighted by Gasteiger charge is 2.15. The third kappa shape index (κ3) is 3.73. The molecule has 17 heavy (non-hydrogen) atoms. The van der Waals surface area contributed by atoms with Gasteiger partial charge in [0.1, 0.15) is 5.75 Å². The van der Waals surface area contributed by atoms with Crippen molar-refractivity contribution in [2.45, 2.75) is 25.4 Å². The van der Waals surface area contributed by atoms with Gasteiger partial charge in [0, 0.05) is 13.0 Å². The average Bonchev–Trinajstić information content (AvgIpc) is 2.82. The van der Waals surface area contributed by atoms with Crippen LogP contribution in [0.5, 0.6) is 5.75 Å². The van der Waals surface area contributed by atoms with E-state index in [0.29, 0.717) is 23.9 Å². The Hall–Kier alpha value is -1.04. The maximum absolute atomic E-state index is 9.03. The maximum atomic E-state index is 9.03. The summed E-state index contributed by atoms with van der Waals surface area (Å²) in [6, 6.07) is 6.84. The molecule has 0 spiro atoms. The fourth-order valence-electron chi connectivity index (χ4n) is 1.95. The van der Waals surface area contributed by atoms with Crippen molar-refractivity contribution in [3.05, 3.63) is 24.3 Å². The van der Waals surface area contributed by atoms with E-state index in [1.165, 1.54) is 0 Å². The van der Waals surface area contributed by atoms with E-state index in [4.69, 9.17) is 19.5 Å². The zero-order valence-corrected chi connectivity index (χ0v) is 9.71. The van der Waals surface area contributed by atoms with Gasteiger partial charge in [-0.25, -0.2) is 0 Å². The summed E-state index contributed by atoms with van der Waals surface area (Å²) in [5.41, 5.74) is 0.444. The molecule has 2 N–H and O–H groups in total. The van der Waals surface area contributed by atoms with E-state index in [-0.39, 0.29) is 0 Å². The fraction of sp³-hybridized carbons (Fsp3) is 0.500. The van der Waals surface area contributed by atoms with Gasteiger partial charge in [-0.15, -0.1) is 0 Å². The lowest BCUT2D eigenvalue weighted by molar-refractivity contribution is 0.0903. The molecule has 0 radical (unpaired) electrons. The first-order chi connectivity index (χ1) is 8.25. The molecular formula is C12H17BO4. The van der Waals surface area contributed by atoms with Gasteiger partial charge in [0.15, 0.2) is 0 Å². The van der Waals surface area contributed by atoms with Crippen LogP contribution in [0.15, 0.2) is 24.3 Å². The smallest absolute Gasteiger partial charge is 0.488 e. The zero-order chi connectivity index (χ0) is 12.1. The van der Waals surface area contributed by atoms with Crippen LogP contribution >= 0.6 is 0 Å². The molecule has 4 nitrogen and oxygen atoms in total. The van der Waals surface area contributed by atoms with Gasteiger partial charge in [-0.2, -0.15) is 0 Å². The minimum absolute atomic E-state index is 0.321. The normalized spacial score (nSPS) is 19.3. The van der Waals surface area contributed by atoms with Gasteiger partial charge in [0.2, 0.25) is 0 Å². The Morgan fingerprint density at radius 1 is 1.41 bits per heavy atom. The standard InChI is InChI=1S/C12H17BO4/c14-13(15)10-3-1-4-12(9-10)17-8-6-11-5-2-7-16-11/h1,3-4,9,11,14-15H,2,5-8H2. The molecule has 0 amide bonds. The summed E-state index contributed by atoms with van der Waals surface area (Å²) in [7, 11) is -1.45. The molecule has 1 atom stereocenters. The largest absolute Gasteiger partial charge is 0.494 e. The molecule has 0 saturated carbocycles. The molecule has 1 aromatic rings. The highest BCUT2D eigenvalue weighted by atomic mass is 16.5. The number of ether oxygens (including phenoxy) is 2. The number of hydrogen-bond acceptors (Lipinski definition) is 4. The molecule has 92 valence electrons. The molecule has 0 bridgehead atoms. The predicted octanol–water partition coefficient (Wildman–Crippen LogP) is 0.314. The lowest BCUT2D eigenvalue weighted by Crippen LogP contribution is -2.29. The maximum Gasteiger partial charge on any atom is 0.488 e. The van der Waals surface area contributed by atoms with E-state index in [1.54, 1.807) is 24.3 Å². The Kier molecular flexibility index (Phi) is 4.42. The summed E-state index contributed by atoms with van der Waals surface area (Å²) in [4.78, 5) is 0. The monoisotopic (exact) mass is 236 g/mol. The molecule has 1 aliphatic heterocycles. The van der Waals surface area contributed by atoms with Crippen molar-refractivity contribution in [2.75, 3.05) is 13.2 Å².